The van der Waals surface area contributed by atoms with Crippen molar-refractivity contribution in [1.29, 1.82) is 0 Å². The minimum absolute atomic E-state index is 0.532. The monoisotopic (exact) mass is 271 g/mol. The van der Waals surface area contributed by atoms with Crippen LogP contribution in [0.15, 0.2) is 30.4 Å². The van der Waals surface area contributed by atoms with Crippen LogP contribution >= 0.6 is 23.2 Å². The molecule has 0 fully saturated rings. The second-order valence-electron chi connectivity index (χ2n) is 3.99. The molecule has 92 valence electrons. The predicted octanol–water partition coefficient (Wildman–Crippen LogP) is 3.63. The summed E-state index contributed by atoms with van der Waals surface area (Å²) in [6.07, 6.45) is 5.55. The zero-order chi connectivity index (χ0) is 12.1. The molecule has 1 aromatic carbocycles. The summed E-state index contributed by atoms with van der Waals surface area (Å²) in [6.45, 7) is 3.74. The minimum Gasteiger partial charge on any atom is -0.492 e. The average Bonchev–Trinajstić information content (AvgIpc) is 2.35. The van der Waals surface area contributed by atoms with Crippen LogP contribution in [0, 0.1) is 0 Å². The fraction of sp³-hybridized carbons (Fsp3) is 0.385. The van der Waals surface area contributed by atoms with Gasteiger partial charge in [-0.25, -0.2) is 0 Å². The van der Waals surface area contributed by atoms with Crippen LogP contribution in [0.2, 0.25) is 10.0 Å². The summed E-state index contributed by atoms with van der Waals surface area (Å²) in [6, 6.07) is 5.34. The highest BCUT2D eigenvalue weighted by atomic mass is 35.5. The lowest BCUT2D eigenvalue weighted by atomic mass is 10.2. The van der Waals surface area contributed by atoms with Gasteiger partial charge in [0.05, 0.1) is 10.0 Å². The molecule has 0 saturated heterocycles. The van der Waals surface area contributed by atoms with Gasteiger partial charge < -0.3 is 4.74 Å². The van der Waals surface area contributed by atoms with Crippen LogP contribution in [0.25, 0.3) is 0 Å². The Labute approximate surface area is 112 Å². The summed E-state index contributed by atoms with van der Waals surface area (Å²) in [4.78, 5) is 2.36. The van der Waals surface area contributed by atoms with E-state index in [2.05, 4.69) is 17.1 Å². The van der Waals surface area contributed by atoms with Gasteiger partial charge in [-0.1, -0.05) is 35.4 Å². The van der Waals surface area contributed by atoms with E-state index in [0.29, 0.717) is 16.7 Å². The van der Waals surface area contributed by atoms with Crippen LogP contribution in [-0.4, -0.2) is 31.1 Å². The molecule has 0 radical (unpaired) electrons. The number of halogens is 2. The van der Waals surface area contributed by atoms with Crippen molar-refractivity contribution in [3.05, 3.63) is 40.4 Å². The molecule has 2 nitrogen and oxygen atoms in total. The Morgan fingerprint density at radius 3 is 2.76 bits per heavy atom. The fourth-order valence-electron chi connectivity index (χ4n) is 1.75. The lowest BCUT2D eigenvalue weighted by Crippen LogP contribution is -2.31. The maximum Gasteiger partial charge on any atom is 0.120 e. The Morgan fingerprint density at radius 2 is 2.06 bits per heavy atom. The highest BCUT2D eigenvalue weighted by Crippen LogP contribution is 2.26. The molecule has 0 aliphatic carbocycles. The Bertz CT molecular complexity index is 406. The van der Waals surface area contributed by atoms with Crippen LogP contribution < -0.4 is 4.74 Å². The van der Waals surface area contributed by atoms with Crippen molar-refractivity contribution in [3.8, 4) is 5.75 Å². The molecule has 1 aromatic rings. The average molecular weight is 272 g/mol. The maximum atomic E-state index is 5.91. The van der Waals surface area contributed by atoms with Crippen molar-refractivity contribution in [3.63, 3.8) is 0 Å². The van der Waals surface area contributed by atoms with Gasteiger partial charge in [-0.3, -0.25) is 4.90 Å². The van der Waals surface area contributed by atoms with Gasteiger partial charge in [0.1, 0.15) is 12.4 Å². The summed E-state index contributed by atoms with van der Waals surface area (Å²) >= 11 is 11.7. The molecular formula is C13H15Cl2NO. The van der Waals surface area contributed by atoms with Gasteiger partial charge in [0.25, 0.3) is 0 Å². The van der Waals surface area contributed by atoms with Gasteiger partial charge in [0.15, 0.2) is 0 Å². The third-order valence-corrected chi connectivity index (χ3v) is 3.45. The lowest BCUT2D eigenvalue weighted by molar-refractivity contribution is 0.221. The Morgan fingerprint density at radius 1 is 1.18 bits per heavy atom. The SMILES string of the molecule is Clc1ccc(OCCN2CC=CCC2)cc1Cl. The molecule has 17 heavy (non-hydrogen) atoms. The summed E-state index contributed by atoms with van der Waals surface area (Å²) in [5.74, 6) is 0.770. The third-order valence-electron chi connectivity index (χ3n) is 2.71. The third kappa shape index (κ3) is 3.91. The fourth-order valence-corrected chi connectivity index (χ4v) is 2.04. The largest absolute Gasteiger partial charge is 0.492 e. The van der Waals surface area contributed by atoms with Gasteiger partial charge in [0, 0.05) is 25.7 Å². The summed E-state index contributed by atoms with van der Waals surface area (Å²) in [7, 11) is 0. The summed E-state index contributed by atoms with van der Waals surface area (Å²) in [5.41, 5.74) is 0. The second-order valence-corrected chi connectivity index (χ2v) is 4.80. The smallest absolute Gasteiger partial charge is 0.120 e. The first-order chi connectivity index (χ1) is 8.25. The number of nitrogens with zero attached hydrogens (tertiary/aromatic N) is 1. The zero-order valence-corrected chi connectivity index (χ0v) is 11.0. The van der Waals surface area contributed by atoms with Gasteiger partial charge in [-0.15, -0.1) is 0 Å². The Hall–Kier alpha value is -0.700. The Kier molecular flexibility index (Phi) is 4.72. The van der Waals surface area contributed by atoms with Crippen molar-refractivity contribution in [2.24, 2.45) is 0 Å². The van der Waals surface area contributed by atoms with Crippen LogP contribution in [-0.2, 0) is 0 Å². The molecule has 1 aliphatic heterocycles. The second kappa shape index (κ2) is 6.29. The van der Waals surface area contributed by atoms with E-state index in [1.807, 2.05) is 6.07 Å². The number of ether oxygens (including phenoxy) is 1. The predicted molar refractivity (Wildman–Crippen MR) is 72.2 cm³/mol. The number of benzene rings is 1. The molecule has 0 N–H and O–H groups in total. The summed E-state index contributed by atoms with van der Waals surface area (Å²) in [5, 5.41) is 1.09. The van der Waals surface area contributed by atoms with Crippen molar-refractivity contribution in [2.75, 3.05) is 26.2 Å². The molecule has 0 amide bonds. The quantitative estimate of drug-likeness (QED) is 0.776. The molecular weight excluding hydrogens is 257 g/mol. The van der Waals surface area contributed by atoms with Crippen LogP contribution in [0.5, 0.6) is 5.75 Å². The number of rotatable bonds is 4. The molecule has 2 rings (SSSR count). The van der Waals surface area contributed by atoms with Crippen molar-refractivity contribution < 1.29 is 4.74 Å². The Balaban J connectivity index is 1.77. The van der Waals surface area contributed by atoms with Gasteiger partial charge in [0.2, 0.25) is 0 Å². The van der Waals surface area contributed by atoms with E-state index in [1.165, 1.54) is 0 Å². The van der Waals surface area contributed by atoms with E-state index in [4.69, 9.17) is 27.9 Å². The van der Waals surface area contributed by atoms with Gasteiger partial charge in [-0.05, 0) is 18.6 Å². The normalized spacial score (nSPS) is 16.1. The van der Waals surface area contributed by atoms with Crippen molar-refractivity contribution in [1.82, 2.24) is 4.90 Å². The molecule has 0 aromatic heterocycles. The standard InChI is InChI=1S/C13H15Cl2NO/c14-12-5-4-11(10-13(12)15)17-9-8-16-6-2-1-3-7-16/h1-2,4-5,10H,3,6-9H2. The van der Waals surface area contributed by atoms with E-state index >= 15 is 0 Å². The van der Waals surface area contributed by atoms with E-state index in [1.54, 1.807) is 12.1 Å². The maximum absolute atomic E-state index is 5.91. The summed E-state index contributed by atoms with van der Waals surface area (Å²) < 4.78 is 5.64. The van der Waals surface area contributed by atoms with Gasteiger partial charge >= 0.3 is 0 Å². The van der Waals surface area contributed by atoms with Crippen LogP contribution in [0.1, 0.15) is 6.42 Å². The molecule has 0 saturated carbocycles. The molecule has 0 atom stereocenters. The first kappa shape index (κ1) is 12.7. The van der Waals surface area contributed by atoms with E-state index in [9.17, 15) is 0 Å². The zero-order valence-electron chi connectivity index (χ0n) is 9.53. The van der Waals surface area contributed by atoms with E-state index in [0.717, 1.165) is 31.8 Å². The molecule has 0 spiro atoms. The molecule has 4 heteroatoms. The van der Waals surface area contributed by atoms with Gasteiger partial charge in [-0.2, -0.15) is 0 Å². The van der Waals surface area contributed by atoms with E-state index < -0.39 is 0 Å². The number of hydrogen-bond acceptors (Lipinski definition) is 2. The van der Waals surface area contributed by atoms with Crippen molar-refractivity contribution in [2.45, 2.75) is 6.42 Å². The lowest BCUT2D eigenvalue weighted by Gasteiger charge is -2.22. The molecule has 0 unspecified atom stereocenters. The topological polar surface area (TPSA) is 12.5 Å². The first-order valence-corrected chi connectivity index (χ1v) is 6.46. The van der Waals surface area contributed by atoms with Crippen molar-refractivity contribution >= 4 is 23.2 Å². The first-order valence-electron chi connectivity index (χ1n) is 5.71. The van der Waals surface area contributed by atoms with Crippen LogP contribution in [0.3, 0.4) is 0 Å². The molecule has 0 bridgehead atoms. The highest BCUT2D eigenvalue weighted by Gasteiger charge is 2.06. The molecule has 1 heterocycles. The van der Waals surface area contributed by atoms with Crippen LogP contribution in [0.4, 0.5) is 0 Å². The van der Waals surface area contributed by atoms with E-state index in [-0.39, 0.29) is 0 Å². The number of hydrogen-bond donors (Lipinski definition) is 0. The molecule has 1 aliphatic rings. The minimum atomic E-state index is 0.532. The highest BCUT2D eigenvalue weighted by molar-refractivity contribution is 6.42.